The molecule has 0 aromatic heterocycles. The van der Waals surface area contributed by atoms with E-state index in [-0.39, 0.29) is 11.2 Å². The van der Waals surface area contributed by atoms with Crippen molar-refractivity contribution in [2.45, 2.75) is 33.1 Å². The summed E-state index contributed by atoms with van der Waals surface area (Å²) in [6.07, 6.45) is 0. The van der Waals surface area contributed by atoms with Gasteiger partial charge < -0.3 is 0 Å². The maximum Gasteiger partial charge on any atom is 0.129 e. The first kappa shape index (κ1) is 14.1. The van der Waals surface area contributed by atoms with Crippen molar-refractivity contribution >= 4 is 11.6 Å². The molecule has 0 radical (unpaired) electrons. The van der Waals surface area contributed by atoms with E-state index in [2.05, 4.69) is 18.2 Å². The molecule has 0 N–H and O–H groups in total. The van der Waals surface area contributed by atoms with Crippen LogP contribution in [0.1, 0.15) is 38.8 Å². The highest BCUT2D eigenvalue weighted by Crippen LogP contribution is 2.33. The van der Waals surface area contributed by atoms with E-state index in [1.54, 1.807) is 13.8 Å². The van der Waals surface area contributed by atoms with Crippen molar-refractivity contribution in [2.24, 2.45) is 0 Å². The molecule has 0 nitrogen and oxygen atoms in total. The molecule has 2 heteroatoms. The van der Waals surface area contributed by atoms with E-state index in [0.29, 0.717) is 11.1 Å². The lowest BCUT2D eigenvalue weighted by molar-refractivity contribution is 0.608. The first-order valence-electron chi connectivity index (χ1n) is 6.38. The molecule has 0 bridgehead atoms. The van der Waals surface area contributed by atoms with E-state index < -0.39 is 0 Å². The van der Waals surface area contributed by atoms with Gasteiger partial charge >= 0.3 is 0 Å². The Bertz CT molecular complexity index is 594. The van der Waals surface area contributed by atoms with Crippen LogP contribution in [0.2, 0.25) is 0 Å². The standard InChI is InChI=1S/C17H18ClF/c1-10-5-6-11(2)15(7-10)16(18)14-8-12(3)17(19)13(4)9-14/h5-9,16H,1-4H3. The third-order valence-electron chi connectivity index (χ3n) is 3.46. The predicted octanol–water partition coefficient (Wildman–Crippen LogP) is 5.39. The van der Waals surface area contributed by atoms with Gasteiger partial charge in [0.15, 0.2) is 0 Å². The fourth-order valence-corrected chi connectivity index (χ4v) is 2.70. The maximum atomic E-state index is 13.7. The summed E-state index contributed by atoms with van der Waals surface area (Å²) in [5.41, 5.74) is 5.67. The van der Waals surface area contributed by atoms with Gasteiger partial charge in [-0.15, -0.1) is 11.6 Å². The van der Waals surface area contributed by atoms with E-state index in [1.807, 2.05) is 26.0 Å². The molecule has 0 spiro atoms. The van der Waals surface area contributed by atoms with Crippen molar-refractivity contribution in [3.8, 4) is 0 Å². The lowest BCUT2D eigenvalue weighted by Crippen LogP contribution is -2.00. The minimum atomic E-state index is -0.238. The Morgan fingerprint density at radius 3 is 2.05 bits per heavy atom. The number of benzene rings is 2. The Morgan fingerprint density at radius 2 is 1.47 bits per heavy atom. The Hall–Kier alpha value is -1.34. The summed E-state index contributed by atoms with van der Waals surface area (Å²) in [6.45, 7) is 7.65. The molecule has 0 aliphatic rings. The van der Waals surface area contributed by atoms with Crippen LogP contribution in [-0.2, 0) is 0 Å². The number of hydrogen-bond acceptors (Lipinski definition) is 0. The average molecular weight is 277 g/mol. The highest BCUT2D eigenvalue weighted by molar-refractivity contribution is 6.22. The van der Waals surface area contributed by atoms with Crippen molar-refractivity contribution in [1.29, 1.82) is 0 Å². The predicted molar refractivity (Wildman–Crippen MR) is 79.5 cm³/mol. The van der Waals surface area contributed by atoms with E-state index in [1.165, 1.54) is 5.56 Å². The summed E-state index contributed by atoms with van der Waals surface area (Å²) in [7, 11) is 0. The van der Waals surface area contributed by atoms with Crippen LogP contribution in [0.15, 0.2) is 30.3 Å². The molecule has 0 saturated carbocycles. The van der Waals surface area contributed by atoms with E-state index in [0.717, 1.165) is 16.7 Å². The summed E-state index contributed by atoms with van der Waals surface area (Å²) in [4.78, 5) is 0. The van der Waals surface area contributed by atoms with Gasteiger partial charge in [0.1, 0.15) is 5.82 Å². The second kappa shape index (κ2) is 5.34. The SMILES string of the molecule is Cc1ccc(C)c(C(Cl)c2cc(C)c(F)c(C)c2)c1. The largest absolute Gasteiger partial charge is 0.206 e. The Kier molecular flexibility index (Phi) is 3.96. The minimum Gasteiger partial charge on any atom is -0.206 e. The molecule has 2 rings (SSSR count). The van der Waals surface area contributed by atoms with Gasteiger partial charge in [-0.25, -0.2) is 4.39 Å². The molecule has 0 saturated heterocycles. The van der Waals surface area contributed by atoms with Gasteiger partial charge in [-0.3, -0.25) is 0 Å². The van der Waals surface area contributed by atoms with Crippen molar-refractivity contribution in [1.82, 2.24) is 0 Å². The molecule has 100 valence electrons. The summed E-state index contributed by atoms with van der Waals surface area (Å²) in [5, 5.41) is -0.238. The zero-order chi connectivity index (χ0) is 14.2. The average Bonchev–Trinajstić information content (AvgIpc) is 2.37. The van der Waals surface area contributed by atoms with Gasteiger partial charge in [0.05, 0.1) is 5.38 Å². The molecular weight excluding hydrogens is 259 g/mol. The van der Waals surface area contributed by atoms with E-state index in [4.69, 9.17) is 11.6 Å². The van der Waals surface area contributed by atoms with Gasteiger partial charge in [0, 0.05) is 0 Å². The van der Waals surface area contributed by atoms with Crippen LogP contribution in [0.25, 0.3) is 0 Å². The molecule has 0 heterocycles. The highest BCUT2D eigenvalue weighted by atomic mass is 35.5. The van der Waals surface area contributed by atoms with Gasteiger partial charge in [0.2, 0.25) is 0 Å². The van der Waals surface area contributed by atoms with Crippen LogP contribution in [0.5, 0.6) is 0 Å². The van der Waals surface area contributed by atoms with Crippen LogP contribution in [-0.4, -0.2) is 0 Å². The monoisotopic (exact) mass is 276 g/mol. The van der Waals surface area contributed by atoms with Gasteiger partial charge in [0.25, 0.3) is 0 Å². The Morgan fingerprint density at radius 1 is 0.895 bits per heavy atom. The third kappa shape index (κ3) is 2.82. The van der Waals surface area contributed by atoms with E-state index in [9.17, 15) is 4.39 Å². The molecule has 2 aromatic carbocycles. The third-order valence-corrected chi connectivity index (χ3v) is 3.95. The fraction of sp³-hybridized carbons (Fsp3) is 0.294. The van der Waals surface area contributed by atoms with Crippen LogP contribution in [0.3, 0.4) is 0 Å². The lowest BCUT2D eigenvalue weighted by Gasteiger charge is -2.16. The number of aryl methyl sites for hydroxylation is 4. The quantitative estimate of drug-likeness (QED) is 0.645. The molecule has 1 atom stereocenters. The zero-order valence-electron chi connectivity index (χ0n) is 11.7. The van der Waals surface area contributed by atoms with Crippen molar-refractivity contribution in [3.63, 3.8) is 0 Å². The molecule has 19 heavy (non-hydrogen) atoms. The molecule has 0 aliphatic heterocycles. The topological polar surface area (TPSA) is 0 Å². The van der Waals surface area contributed by atoms with Gasteiger partial charge in [-0.05, 0) is 55.5 Å². The van der Waals surface area contributed by atoms with Crippen molar-refractivity contribution in [2.75, 3.05) is 0 Å². The first-order chi connectivity index (χ1) is 8.90. The highest BCUT2D eigenvalue weighted by Gasteiger charge is 2.15. The number of rotatable bonds is 2. The molecule has 2 aromatic rings. The number of halogens is 2. The summed E-state index contributed by atoms with van der Waals surface area (Å²) >= 11 is 6.58. The summed E-state index contributed by atoms with van der Waals surface area (Å²) in [5.74, 6) is -0.145. The van der Waals surface area contributed by atoms with Crippen LogP contribution in [0.4, 0.5) is 4.39 Å². The first-order valence-corrected chi connectivity index (χ1v) is 6.81. The lowest BCUT2D eigenvalue weighted by atomic mass is 9.96. The number of hydrogen-bond donors (Lipinski definition) is 0. The summed E-state index contributed by atoms with van der Waals surface area (Å²) < 4.78 is 13.7. The Labute approximate surface area is 119 Å². The fourth-order valence-electron chi connectivity index (χ4n) is 2.34. The van der Waals surface area contributed by atoms with Crippen LogP contribution >= 0.6 is 11.6 Å². The number of alkyl halides is 1. The van der Waals surface area contributed by atoms with Gasteiger partial charge in [-0.2, -0.15) is 0 Å². The van der Waals surface area contributed by atoms with Gasteiger partial charge in [-0.1, -0.05) is 35.9 Å². The minimum absolute atomic E-state index is 0.145. The second-order valence-corrected chi connectivity index (χ2v) is 5.63. The smallest absolute Gasteiger partial charge is 0.129 e. The van der Waals surface area contributed by atoms with Crippen molar-refractivity contribution in [3.05, 3.63) is 69.5 Å². The molecule has 0 aliphatic carbocycles. The van der Waals surface area contributed by atoms with E-state index >= 15 is 0 Å². The summed E-state index contributed by atoms with van der Waals surface area (Å²) in [6, 6.07) is 9.91. The molecule has 0 amide bonds. The normalized spacial score (nSPS) is 12.5. The van der Waals surface area contributed by atoms with Crippen LogP contribution in [0, 0.1) is 33.5 Å². The molecule has 1 unspecified atom stereocenters. The second-order valence-electron chi connectivity index (χ2n) is 5.19. The molecular formula is C17H18ClF. The maximum absolute atomic E-state index is 13.7. The Balaban J connectivity index is 2.49. The zero-order valence-corrected chi connectivity index (χ0v) is 12.5. The van der Waals surface area contributed by atoms with Crippen molar-refractivity contribution < 1.29 is 4.39 Å². The molecule has 0 fully saturated rings. The van der Waals surface area contributed by atoms with Crippen LogP contribution < -0.4 is 0 Å².